The molecule has 3 unspecified atom stereocenters. The van der Waals surface area contributed by atoms with Gasteiger partial charge in [-0.1, -0.05) is 12.8 Å². The zero-order chi connectivity index (χ0) is 8.84. The number of fused-ring (bicyclic) bond motifs is 1. The first-order chi connectivity index (χ1) is 6.36. The van der Waals surface area contributed by atoms with E-state index in [9.17, 15) is 0 Å². The fourth-order valence-electron chi connectivity index (χ4n) is 3.45. The molecular formula is C12H21N. The van der Waals surface area contributed by atoms with Crippen LogP contribution in [-0.4, -0.2) is 12.1 Å². The van der Waals surface area contributed by atoms with Crippen molar-refractivity contribution in [2.45, 2.75) is 57.5 Å². The van der Waals surface area contributed by atoms with Crippen LogP contribution in [0.4, 0.5) is 0 Å². The fourth-order valence-corrected chi connectivity index (χ4v) is 3.45. The highest BCUT2D eigenvalue weighted by atomic mass is 15.0. The summed E-state index contributed by atoms with van der Waals surface area (Å²) in [5.74, 6) is 3.19. The van der Waals surface area contributed by atoms with E-state index in [4.69, 9.17) is 0 Å². The summed E-state index contributed by atoms with van der Waals surface area (Å²) >= 11 is 0. The second-order valence-electron chi connectivity index (χ2n) is 5.43. The zero-order valence-corrected chi connectivity index (χ0v) is 8.63. The molecule has 0 bridgehead atoms. The molecule has 1 N–H and O–H groups in total. The van der Waals surface area contributed by atoms with E-state index in [1.165, 1.54) is 38.5 Å². The summed E-state index contributed by atoms with van der Waals surface area (Å²) in [6.07, 6.45) is 8.98. The monoisotopic (exact) mass is 179 g/mol. The predicted molar refractivity (Wildman–Crippen MR) is 54.6 cm³/mol. The summed E-state index contributed by atoms with van der Waals surface area (Å²) in [4.78, 5) is 0. The molecule has 13 heavy (non-hydrogen) atoms. The van der Waals surface area contributed by atoms with Gasteiger partial charge in [-0.15, -0.1) is 0 Å². The Morgan fingerprint density at radius 3 is 2.15 bits per heavy atom. The largest absolute Gasteiger partial charge is 0.311 e. The molecule has 3 rings (SSSR count). The van der Waals surface area contributed by atoms with Crippen LogP contribution in [0.25, 0.3) is 0 Å². The Labute approximate surface area is 81.3 Å². The van der Waals surface area contributed by atoms with Crippen molar-refractivity contribution in [2.75, 3.05) is 0 Å². The molecule has 0 aromatic rings. The molecule has 0 spiro atoms. The third-order valence-corrected chi connectivity index (χ3v) is 4.72. The molecule has 3 fully saturated rings. The van der Waals surface area contributed by atoms with Gasteiger partial charge in [-0.2, -0.15) is 0 Å². The van der Waals surface area contributed by atoms with Gasteiger partial charge in [0.1, 0.15) is 0 Å². The lowest BCUT2D eigenvalue weighted by Crippen LogP contribution is -2.39. The molecule has 0 heterocycles. The van der Waals surface area contributed by atoms with Gasteiger partial charge in [0.15, 0.2) is 0 Å². The minimum atomic E-state index is 0.810. The summed E-state index contributed by atoms with van der Waals surface area (Å²) in [7, 11) is 0. The van der Waals surface area contributed by atoms with E-state index in [2.05, 4.69) is 12.2 Å². The van der Waals surface area contributed by atoms with E-state index in [0.29, 0.717) is 0 Å². The van der Waals surface area contributed by atoms with Crippen molar-refractivity contribution in [1.82, 2.24) is 5.32 Å². The highest BCUT2D eigenvalue weighted by molar-refractivity contribution is 5.07. The topological polar surface area (TPSA) is 12.0 Å². The van der Waals surface area contributed by atoms with Crippen LogP contribution in [-0.2, 0) is 0 Å². The lowest BCUT2D eigenvalue weighted by atomic mass is 9.80. The van der Waals surface area contributed by atoms with Gasteiger partial charge in [0.2, 0.25) is 0 Å². The van der Waals surface area contributed by atoms with Crippen LogP contribution in [0.2, 0.25) is 0 Å². The van der Waals surface area contributed by atoms with Crippen molar-refractivity contribution >= 4 is 0 Å². The maximum Gasteiger partial charge on any atom is 0.0133 e. The Balaban J connectivity index is 1.47. The third kappa shape index (κ3) is 1.32. The molecule has 0 radical (unpaired) electrons. The maximum atomic E-state index is 3.86. The van der Waals surface area contributed by atoms with Gasteiger partial charge < -0.3 is 5.32 Å². The minimum absolute atomic E-state index is 0.810. The van der Waals surface area contributed by atoms with Crippen LogP contribution >= 0.6 is 0 Å². The molecule has 74 valence electrons. The summed E-state index contributed by atoms with van der Waals surface area (Å²) in [6.45, 7) is 2.40. The molecule has 3 aliphatic carbocycles. The van der Waals surface area contributed by atoms with Gasteiger partial charge in [-0.05, 0) is 50.4 Å². The summed E-state index contributed by atoms with van der Waals surface area (Å²) in [5, 5.41) is 3.86. The van der Waals surface area contributed by atoms with Gasteiger partial charge in [-0.3, -0.25) is 0 Å². The van der Waals surface area contributed by atoms with Gasteiger partial charge >= 0.3 is 0 Å². The Morgan fingerprint density at radius 1 is 1.00 bits per heavy atom. The third-order valence-electron chi connectivity index (χ3n) is 4.72. The van der Waals surface area contributed by atoms with Gasteiger partial charge in [0, 0.05) is 12.1 Å². The molecular weight excluding hydrogens is 158 g/mol. The van der Waals surface area contributed by atoms with E-state index in [1.54, 1.807) is 0 Å². The number of hydrogen-bond acceptors (Lipinski definition) is 1. The Kier molecular flexibility index (Phi) is 1.90. The first-order valence-electron chi connectivity index (χ1n) is 6.12. The molecule has 1 nitrogen and oxygen atoms in total. The Morgan fingerprint density at radius 2 is 1.62 bits per heavy atom. The van der Waals surface area contributed by atoms with Crippen molar-refractivity contribution in [2.24, 2.45) is 17.8 Å². The predicted octanol–water partition coefficient (Wildman–Crippen LogP) is 2.56. The minimum Gasteiger partial charge on any atom is -0.311 e. The van der Waals surface area contributed by atoms with Gasteiger partial charge in [0.25, 0.3) is 0 Å². The fraction of sp³-hybridized carbons (Fsp3) is 1.00. The van der Waals surface area contributed by atoms with E-state index in [-0.39, 0.29) is 0 Å². The average molecular weight is 179 g/mol. The molecule has 3 atom stereocenters. The quantitative estimate of drug-likeness (QED) is 0.702. The van der Waals surface area contributed by atoms with Gasteiger partial charge in [0.05, 0.1) is 0 Å². The second-order valence-corrected chi connectivity index (χ2v) is 5.43. The number of nitrogens with one attached hydrogen (secondary N) is 1. The second kappa shape index (κ2) is 2.98. The standard InChI is InChI=1S/C12H21N/c1-8(9-4-2-5-9)13-12-10-6-3-7-11(10)12/h8-13H,2-7H2,1H3. The van der Waals surface area contributed by atoms with E-state index < -0.39 is 0 Å². The van der Waals surface area contributed by atoms with Crippen molar-refractivity contribution in [3.63, 3.8) is 0 Å². The smallest absolute Gasteiger partial charge is 0.0133 e. The average Bonchev–Trinajstić information content (AvgIpc) is 2.50. The zero-order valence-electron chi connectivity index (χ0n) is 8.63. The molecule has 0 saturated heterocycles. The number of hydrogen-bond donors (Lipinski definition) is 1. The molecule has 0 aliphatic heterocycles. The molecule has 0 amide bonds. The van der Waals surface area contributed by atoms with E-state index in [1.807, 2.05) is 0 Å². The van der Waals surface area contributed by atoms with Crippen LogP contribution in [0.1, 0.15) is 45.4 Å². The highest BCUT2D eigenvalue weighted by Gasteiger charge is 2.52. The first kappa shape index (κ1) is 8.28. The summed E-state index contributed by atoms with van der Waals surface area (Å²) in [6, 6.07) is 1.74. The molecule has 1 heteroatoms. The van der Waals surface area contributed by atoms with Crippen molar-refractivity contribution in [1.29, 1.82) is 0 Å². The van der Waals surface area contributed by atoms with Crippen LogP contribution < -0.4 is 5.32 Å². The van der Waals surface area contributed by atoms with E-state index in [0.717, 1.165) is 29.8 Å². The Bertz CT molecular complexity index is 185. The lowest BCUT2D eigenvalue weighted by molar-refractivity contribution is 0.234. The summed E-state index contributed by atoms with van der Waals surface area (Å²) in [5.41, 5.74) is 0. The SMILES string of the molecule is CC(NC1C2CCCC21)C1CCC1. The summed E-state index contributed by atoms with van der Waals surface area (Å²) < 4.78 is 0. The highest BCUT2D eigenvalue weighted by Crippen LogP contribution is 2.52. The van der Waals surface area contributed by atoms with Crippen LogP contribution in [0, 0.1) is 17.8 Å². The van der Waals surface area contributed by atoms with Gasteiger partial charge in [-0.25, -0.2) is 0 Å². The van der Waals surface area contributed by atoms with Crippen molar-refractivity contribution in [3.05, 3.63) is 0 Å². The van der Waals surface area contributed by atoms with Crippen molar-refractivity contribution < 1.29 is 0 Å². The normalized spacial score (nSPS) is 45.5. The Hall–Kier alpha value is -0.0400. The lowest BCUT2D eigenvalue weighted by Gasteiger charge is -2.32. The van der Waals surface area contributed by atoms with E-state index >= 15 is 0 Å². The maximum absolute atomic E-state index is 3.86. The molecule has 0 aromatic heterocycles. The molecule has 0 aromatic carbocycles. The van der Waals surface area contributed by atoms with Crippen molar-refractivity contribution in [3.8, 4) is 0 Å². The van der Waals surface area contributed by atoms with Crippen LogP contribution in [0.5, 0.6) is 0 Å². The molecule has 3 aliphatic rings. The molecule has 3 saturated carbocycles. The first-order valence-corrected chi connectivity index (χ1v) is 6.12. The van der Waals surface area contributed by atoms with Crippen LogP contribution in [0.15, 0.2) is 0 Å². The van der Waals surface area contributed by atoms with Crippen LogP contribution in [0.3, 0.4) is 0 Å². The number of rotatable bonds is 3.